The van der Waals surface area contributed by atoms with E-state index in [1.54, 1.807) is 24.5 Å². The number of benzene rings is 1. The average Bonchev–Trinajstić information content (AvgIpc) is 3.22. The number of piperidine rings is 1. The molecule has 0 unspecified atom stereocenters. The van der Waals surface area contributed by atoms with Gasteiger partial charge in [0.2, 0.25) is 0 Å². The standard InChI is InChI=1S/C24H24FIN5O3/c1-33-23-15(25)3-2-4-17(23)29-22-19-21-16(11-28-24(19)32)26-31-9-6-13(7-10-31)34-18-12-27-8-5-14(18)20(22)30-21/h2-5,8,12-13,16,29-30H,6-7,9-11H2,1H3,(H,28,32)/q-1/t16-/m1/s1. The van der Waals surface area contributed by atoms with Crippen LogP contribution in [0, 0.1) is 5.82 Å². The van der Waals surface area contributed by atoms with Crippen LogP contribution in [0.1, 0.15) is 32.8 Å². The molecule has 10 heteroatoms. The number of hydrogen-bond acceptors (Lipinski definition) is 6. The minimum atomic E-state index is -0.477. The molecule has 1 fully saturated rings. The number of amides is 1. The number of aromatic amines is 1. The molecule has 1 saturated heterocycles. The van der Waals surface area contributed by atoms with E-state index in [-0.39, 0.29) is 43.2 Å². The van der Waals surface area contributed by atoms with Crippen molar-refractivity contribution in [3.63, 3.8) is 0 Å². The van der Waals surface area contributed by atoms with Gasteiger partial charge >= 0.3 is 207 Å². The molecule has 1 aromatic carbocycles. The number of ether oxygens (including phenoxy) is 2. The van der Waals surface area contributed by atoms with Crippen molar-refractivity contribution in [3.8, 4) is 22.8 Å². The SMILES string of the molecule is COc1c(F)cccc1Nc1c2[nH]c3c1C(=O)NC[C@H]3[I-]N1CCC(CC1)Oc1cnccc1-2. The number of fused-ring (bicyclic) bond motifs is 2. The Hall–Kier alpha value is -2.86. The Morgan fingerprint density at radius 3 is 2.97 bits per heavy atom. The summed E-state index contributed by atoms with van der Waals surface area (Å²) in [7, 11) is 1.43. The van der Waals surface area contributed by atoms with E-state index in [9.17, 15) is 9.18 Å². The number of aromatic nitrogens is 2. The molecule has 0 saturated carbocycles. The van der Waals surface area contributed by atoms with Crippen LogP contribution in [0.5, 0.6) is 11.5 Å². The molecule has 8 nitrogen and oxygen atoms in total. The van der Waals surface area contributed by atoms with Gasteiger partial charge in [-0.25, -0.2) is 0 Å². The molecule has 0 radical (unpaired) electrons. The van der Waals surface area contributed by atoms with Crippen molar-refractivity contribution in [1.82, 2.24) is 18.4 Å². The number of carbonyl (C=O) groups excluding carboxylic acids is 1. The molecule has 4 bridgehead atoms. The molecule has 4 aliphatic heterocycles. The maximum absolute atomic E-state index is 14.5. The third-order valence-electron chi connectivity index (χ3n) is 6.43. The third kappa shape index (κ3) is 3.68. The van der Waals surface area contributed by atoms with E-state index in [1.807, 2.05) is 6.07 Å². The molecule has 1 amide bonds. The van der Waals surface area contributed by atoms with Gasteiger partial charge in [0, 0.05) is 0 Å². The van der Waals surface area contributed by atoms with Crippen molar-refractivity contribution in [3.05, 3.63) is 53.7 Å². The van der Waals surface area contributed by atoms with E-state index in [4.69, 9.17) is 9.47 Å². The van der Waals surface area contributed by atoms with Crippen molar-refractivity contribution in [2.45, 2.75) is 22.9 Å². The monoisotopic (exact) mass is 576 g/mol. The number of methoxy groups -OCH3 is 1. The quantitative estimate of drug-likeness (QED) is 0.241. The van der Waals surface area contributed by atoms with Crippen LogP contribution in [0.4, 0.5) is 15.8 Å². The summed E-state index contributed by atoms with van der Waals surface area (Å²) in [6, 6.07) is 6.59. The number of anilines is 2. The first-order chi connectivity index (χ1) is 16.6. The van der Waals surface area contributed by atoms with Gasteiger partial charge in [0.1, 0.15) is 0 Å². The second-order valence-electron chi connectivity index (χ2n) is 8.48. The van der Waals surface area contributed by atoms with E-state index < -0.39 is 5.82 Å². The van der Waals surface area contributed by atoms with E-state index in [0.29, 0.717) is 29.2 Å². The van der Waals surface area contributed by atoms with E-state index in [2.05, 4.69) is 23.7 Å². The van der Waals surface area contributed by atoms with E-state index in [0.717, 1.165) is 42.9 Å². The van der Waals surface area contributed by atoms with Gasteiger partial charge in [-0.15, -0.1) is 0 Å². The van der Waals surface area contributed by atoms with Gasteiger partial charge in [-0.2, -0.15) is 0 Å². The van der Waals surface area contributed by atoms with Gasteiger partial charge in [-0.05, 0) is 0 Å². The molecule has 0 spiro atoms. The number of para-hydroxylation sites is 1. The Morgan fingerprint density at radius 1 is 1.29 bits per heavy atom. The summed E-state index contributed by atoms with van der Waals surface area (Å²) in [5.41, 5.74) is 4.06. The van der Waals surface area contributed by atoms with Crippen molar-refractivity contribution in [2.75, 3.05) is 32.1 Å². The van der Waals surface area contributed by atoms with Gasteiger partial charge in [0.25, 0.3) is 0 Å². The number of hydrogen-bond donors (Lipinski definition) is 3. The zero-order valence-corrected chi connectivity index (χ0v) is 20.7. The van der Waals surface area contributed by atoms with Crippen molar-refractivity contribution >= 4 is 17.3 Å². The number of pyridine rings is 1. The zero-order valence-electron chi connectivity index (χ0n) is 18.5. The zero-order chi connectivity index (χ0) is 23.2. The van der Waals surface area contributed by atoms with Crippen LogP contribution >= 0.6 is 0 Å². The first-order valence-electron chi connectivity index (χ1n) is 11.3. The molecule has 3 aromatic rings. The number of nitrogens with zero attached hydrogens (tertiary/aromatic N) is 2. The second-order valence-corrected chi connectivity index (χ2v) is 11.9. The number of alkyl halides is 1. The number of halogens is 2. The molecular formula is C24H24FIN5O3-. The Morgan fingerprint density at radius 2 is 2.15 bits per heavy atom. The van der Waals surface area contributed by atoms with Crippen molar-refractivity contribution in [1.29, 1.82) is 0 Å². The van der Waals surface area contributed by atoms with E-state index in [1.165, 1.54) is 13.2 Å². The number of H-pyrrole nitrogens is 1. The summed E-state index contributed by atoms with van der Waals surface area (Å²) in [6.45, 7) is 2.60. The van der Waals surface area contributed by atoms with E-state index >= 15 is 0 Å². The summed E-state index contributed by atoms with van der Waals surface area (Å²) in [6.07, 6.45) is 5.51. The van der Waals surface area contributed by atoms with Crippen molar-refractivity contribution in [2.24, 2.45) is 0 Å². The molecule has 2 aromatic heterocycles. The molecule has 1 atom stereocenters. The Balaban J connectivity index is 1.57. The van der Waals surface area contributed by atoms with Crippen molar-refractivity contribution < 1.29 is 40.1 Å². The summed E-state index contributed by atoms with van der Waals surface area (Å²) < 4.78 is 29.0. The predicted molar refractivity (Wildman–Crippen MR) is 121 cm³/mol. The molecular weight excluding hydrogens is 552 g/mol. The predicted octanol–water partition coefficient (Wildman–Crippen LogP) is 0.613. The normalized spacial score (nSPS) is 23.4. The van der Waals surface area contributed by atoms with Crippen LogP contribution in [0.2, 0.25) is 0 Å². The molecule has 34 heavy (non-hydrogen) atoms. The summed E-state index contributed by atoms with van der Waals surface area (Å²) in [4.78, 5) is 21.1. The van der Waals surface area contributed by atoms with Gasteiger partial charge in [-0.3, -0.25) is 0 Å². The first kappa shape index (κ1) is 21.7. The fourth-order valence-corrected chi connectivity index (χ4v) is 8.02. The van der Waals surface area contributed by atoms with Crippen LogP contribution in [-0.2, 0) is 0 Å². The summed E-state index contributed by atoms with van der Waals surface area (Å²) in [5, 5.41) is 6.41. The topological polar surface area (TPSA) is 91.5 Å². The Kier molecular flexibility index (Phi) is 5.56. The number of nitrogens with one attached hydrogen (secondary N) is 3. The maximum atomic E-state index is 14.5. The third-order valence-corrected chi connectivity index (χ3v) is 9.92. The minimum absolute atomic E-state index is 0.0943. The van der Waals surface area contributed by atoms with Crippen LogP contribution in [0.15, 0.2) is 36.7 Å². The Bertz CT molecular complexity index is 1260. The fraction of sp³-hybridized carbons (Fsp3) is 0.333. The first-order valence-corrected chi connectivity index (χ1v) is 13.5. The molecule has 178 valence electrons. The molecule has 0 aliphatic carbocycles. The fourth-order valence-electron chi connectivity index (χ4n) is 4.79. The molecule has 6 heterocycles. The number of rotatable bonds is 3. The second kappa shape index (κ2) is 8.73. The molecule has 3 N–H and O–H groups in total. The van der Waals surface area contributed by atoms with Crippen LogP contribution in [0.25, 0.3) is 11.3 Å². The number of carbonyl (C=O) groups is 1. The Labute approximate surface area is 206 Å². The molecule has 7 rings (SSSR count). The van der Waals surface area contributed by atoms with Gasteiger partial charge in [-0.1, -0.05) is 0 Å². The van der Waals surface area contributed by atoms with Crippen LogP contribution in [-0.4, -0.2) is 51.8 Å². The van der Waals surface area contributed by atoms with Gasteiger partial charge < -0.3 is 0 Å². The van der Waals surface area contributed by atoms with Crippen LogP contribution in [0.3, 0.4) is 0 Å². The van der Waals surface area contributed by atoms with Gasteiger partial charge in [0.05, 0.1) is 0 Å². The summed E-state index contributed by atoms with van der Waals surface area (Å²) >= 11 is -0.363. The summed E-state index contributed by atoms with van der Waals surface area (Å²) in [5.74, 6) is 0.133. The van der Waals surface area contributed by atoms with Crippen LogP contribution < -0.4 is 41.6 Å². The van der Waals surface area contributed by atoms with Gasteiger partial charge in [0.15, 0.2) is 0 Å². The average molecular weight is 576 g/mol. The molecule has 4 aliphatic rings.